The van der Waals surface area contributed by atoms with Crippen LogP contribution in [0.3, 0.4) is 0 Å². The molecule has 8 amide bonds. The smallest absolute Gasteiger partial charge is 0.251 e. The van der Waals surface area contributed by atoms with Gasteiger partial charge in [-0.05, 0) is 38.1 Å². The van der Waals surface area contributed by atoms with E-state index in [0.717, 1.165) is 0 Å². The molecule has 0 spiro atoms. The number of aliphatic hydroxyl groups excluding tert-OH is 2. The van der Waals surface area contributed by atoms with Gasteiger partial charge in [-0.15, -0.1) is 0 Å². The second-order valence-electron chi connectivity index (χ2n) is 17.8. The molecule has 2 fully saturated rings. The van der Waals surface area contributed by atoms with Crippen molar-refractivity contribution in [3.8, 4) is 0 Å². The first-order chi connectivity index (χ1) is 33.1. The maximum atomic E-state index is 12.6. The van der Waals surface area contributed by atoms with E-state index in [1.807, 2.05) is 13.8 Å². The summed E-state index contributed by atoms with van der Waals surface area (Å²) in [5.41, 5.74) is 1.18. The molecule has 0 aliphatic carbocycles. The van der Waals surface area contributed by atoms with Crippen LogP contribution in [-0.4, -0.2) is 193 Å². The third kappa shape index (κ3) is 17.4. The van der Waals surface area contributed by atoms with E-state index in [1.165, 1.54) is 9.80 Å². The topological polar surface area (TPSA) is 296 Å². The molecule has 70 heavy (non-hydrogen) atoms. The minimum absolute atomic E-state index is 0.0504. The fraction of sp³-hybridized carbons (Fsp3) is 0.542. The molecule has 0 aromatic heterocycles. The highest BCUT2D eigenvalue weighted by molar-refractivity contribution is 5.96. The number of nitrogens with zero attached hydrogens (tertiary/aromatic N) is 4. The van der Waals surface area contributed by atoms with Gasteiger partial charge in [0.15, 0.2) is 12.2 Å². The van der Waals surface area contributed by atoms with E-state index >= 15 is 0 Å². The number of ketones is 2. The summed E-state index contributed by atoms with van der Waals surface area (Å²) in [7, 11) is 9.62. The summed E-state index contributed by atoms with van der Waals surface area (Å²) in [6.07, 6.45) is -1.21. The molecule has 22 nitrogen and oxygen atoms in total. The summed E-state index contributed by atoms with van der Waals surface area (Å²) in [6.45, 7) is 3.10. The Morgan fingerprint density at radius 2 is 0.900 bits per heavy atom. The Bertz CT molecular complexity index is 1990. The Hall–Kier alpha value is -6.62. The molecule has 4 unspecified atom stereocenters. The standard InChI is InChI=1S/2C24H35N5O6/c2*1-5-9-17(26-22(33)18-12-16(30)14-29(18)4)21(32)23(34)25-13-19(31)27-20(24(35)28(2)3)15-10-7-6-8-11-15/h2*6-8,10-11,17-18,20-21,32H,5,9,12-14H2,1-4H3,(H,25,34)(H,26,33)(H,27,31)/t2*17?,18-,20-,21?/m00/s1. The molecule has 2 saturated heterocycles. The minimum Gasteiger partial charge on any atom is -0.381 e. The number of hydrogen-bond donors (Lipinski definition) is 8. The summed E-state index contributed by atoms with van der Waals surface area (Å²) in [5.74, 6) is -4.53. The molecular weight excluding hydrogens is 909 g/mol. The summed E-state index contributed by atoms with van der Waals surface area (Å²) in [4.78, 5) is 130. The number of nitrogens with one attached hydrogen (secondary N) is 6. The zero-order chi connectivity index (χ0) is 52.2. The Labute approximate surface area is 408 Å². The van der Waals surface area contributed by atoms with Gasteiger partial charge in [0.05, 0.1) is 50.3 Å². The second-order valence-corrected chi connectivity index (χ2v) is 17.8. The van der Waals surface area contributed by atoms with Gasteiger partial charge < -0.3 is 51.9 Å². The number of likely N-dealkylation sites (N-methyl/N-ethyl adjacent to an activating group) is 4. The van der Waals surface area contributed by atoms with E-state index in [-0.39, 0.29) is 49.3 Å². The maximum Gasteiger partial charge on any atom is 0.251 e. The molecule has 0 saturated carbocycles. The molecule has 8 N–H and O–H groups in total. The molecule has 2 heterocycles. The average Bonchev–Trinajstić information content (AvgIpc) is 3.87. The Morgan fingerprint density at radius 1 is 0.571 bits per heavy atom. The van der Waals surface area contributed by atoms with Crippen LogP contribution in [0.1, 0.15) is 75.6 Å². The van der Waals surface area contributed by atoms with Crippen molar-refractivity contribution in [3.05, 3.63) is 71.8 Å². The molecular formula is C48H70N10O12. The van der Waals surface area contributed by atoms with Crippen molar-refractivity contribution in [2.45, 2.75) is 101 Å². The van der Waals surface area contributed by atoms with E-state index in [0.29, 0.717) is 36.8 Å². The Morgan fingerprint density at radius 3 is 1.17 bits per heavy atom. The third-order valence-corrected chi connectivity index (χ3v) is 11.6. The van der Waals surface area contributed by atoms with Crippen LogP contribution in [-0.2, 0) is 47.9 Å². The zero-order valence-corrected chi connectivity index (χ0v) is 41.2. The molecule has 2 aliphatic heterocycles. The summed E-state index contributed by atoms with van der Waals surface area (Å²) in [6, 6.07) is 12.5. The summed E-state index contributed by atoms with van der Waals surface area (Å²) < 4.78 is 0. The number of aliphatic hydroxyl groups is 2. The molecule has 384 valence electrons. The van der Waals surface area contributed by atoms with Crippen molar-refractivity contribution >= 4 is 58.8 Å². The van der Waals surface area contributed by atoms with Crippen LogP contribution in [0.5, 0.6) is 0 Å². The van der Waals surface area contributed by atoms with Crippen LogP contribution in [0.2, 0.25) is 0 Å². The lowest BCUT2D eigenvalue weighted by atomic mass is 10.0. The highest BCUT2D eigenvalue weighted by Crippen LogP contribution is 2.18. The highest BCUT2D eigenvalue weighted by Gasteiger charge is 2.38. The molecule has 22 heteroatoms. The quantitative estimate of drug-likeness (QED) is 0.0630. The van der Waals surface area contributed by atoms with Crippen molar-refractivity contribution in [2.24, 2.45) is 0 Å². The van der Waals surface area contributed by atoms with Crippen LogP contribution in [0.15, 0.2) is 60.7 Å². The minimum atomic E-state index is -1.59. The predicted octanol–water partition coefficient (Wildman–Crippen LogP) is -2.07. The number of rotatable bonds is 22. The molecule has 2 aromatic rings. The number of carbonyl (C=O) groups is 10. The fourth-order valence-corrected chi connectivity index (χ4v) is 7.75. The summed E-state index contributed by atoms with van der Waals surface area (Å²) >= 11 is 0. The lowest BCUT2D eigenvalue weighted by molar-refractivity contribution is -0.137. The summed E-state index contributed by atoms with van der Waals surface area (Å²) in [5, 5.41) is 36.4. The number of benzene rings is 2. The van der Waals surface area contributed by atoms with E-state index in [4.69, 9.17) is 0 Å². The van der Waals surface area contributed by atoms with Crippen molar-refractivity contribution in [1.82, 2.24) is 51.5 Å². The lowest BCUT2D eigenvalue weighted by Crippen LogP contribution is -2.55. The SMILES string of the molecule is CCCC(NC(=O)[C@@H]1CC(=O)CN1C)C(O)C(=O)NCC(=O)N[C@H](C(=O)N(C)C)c1ccccc1.CCCC(NC(=O)[C@@H]1CC(=O)CN1C)C(O)C(=O)NCC(=O)N[C@H](C(=O)N(C)C)c1ccccc1. The number of carbonyl (C=O) groups excluding carboxylic acids is 10. The number of amides is 8. The lowest BCUT2D eigenvalue weighted by Gasteiger charge is -2.26. The highest BCUT2D eigenvalue weighted by atomic mass is 16.3. The van der Waals surface area contributed by atoms with Gasteiger partial charge in [0.25, 0.3) is 11.8 Å². The van der Waals surface area contributed by atoms with Crippen molar-refractivity contribution in [2.75, 3.05) is 68.5 Å². The number of hydrogen-bond acceptors (Lipinski definition) is 14. The van der Waals surface area contributed by atoms with E-state index in [1.54, 1.807) is 113 Å². The van der Waals surface area contributed by atoms with Crippen molar-refractivity contribution in [1.29, 1.82) is 0 Å². The van der Waals surface area contributed by atoms with Crippen LogP contribution < -0.4 is 31.9 Å². The molecule has 0 radical (unpaired) electrons. The first-order valence-electron chi connectivity index (χ1n) is 23.2. The van der Waals surface area contributed by atoms with Gasteiger partial charge in [-0.25, -0.2) is 0 Å². The van der Waals surface area contributed by atoms with Gasteiger partial charge in [0, 0.05) is 41.0 Å². The van der Waals surface area contributed by atoms with Gasteiger partial charge in [0.1, 0.15) is 23.7 Å². The average molecular weight is 979 g/mol. The van der Waals surface area contributed by atoms with E-state index < -0.39 is 97.0 Å². The van der Waals surface area contributed by atoms with E-state index in [9.17, 15) is 58.2 Å². The van der Waals surface area contributed by atoms with Crippen LogP contribution in [0, 0.1) is 0 Å². The van der Waals surface area contributed by atoms with Gasteiger partial charge in [-0.2, -0.15) is 0 Å². The second kappa shape index (κ2) is 28.1. The van der Waals surface area contributed by atoms with Gasteiger partial charge in [0.2, 0.25) is 35.4 Å². The zero-order valence-electron chi connectivity index (χ0n) is 41.2. The van der Waals surface area contributed by atoms with Gasteiger partial charge >= 0.3 is 0 Å². The largest absolute Gasteiger partial charge is 0.381 e. The molecule has 2 aliphatic rings. The van der Waals surface area contributed by atoms with E-state index in [2.05, 4.69) is 31.9 Å². The first kappa shape index (κ1) is 57.7. The van der Waals surface area contributed by atoms with Crippen LogP contribution in [0.4, 0.5) is 0 Å². The molecule has 0 bridgehead atoms. The molecule has 8 atom stereocenters. The molecule has 2 aromatic carbocycles. The normalized spacial score (nSPS) is 18.3. The van der Waals surface area contributed by atoms with Gasteiger partial charge in [-0.3, -0.25) is 57.7 Å². The Balaban J connectivity index is 0.000000370. The number of Topliss-reactive ketones (excluding diaryl/α,β-unsaturated/α-hetero) is 2. The predicted molar refractivity (Wildman–Crippen MR) is 256 cm³/mol. The third-order valence-electron chi connectivity index (χ3n) is 11.6. The monoisotopic (exact) mass is 979 g/mol. The van der Waals surface area contributed by atoms with Crippen molar-refractivity contribution in [3.63, 3.8) is 0 Å². The molecule has 4 rings (SSSR count). The van der Waals surface area contributed by atoms with Crippen molar-refractivity contribution < 1.29 is 58.2 Å². The van der Waals surface area contributed by atoms with Crippen LogP contribution in [0.25, 0.3) is 0 Å². The number of likely N-dealkylation sites (tertiary alicyclic amines) is 2. The first-order valence-corrected chi connectivity index (χ1v) is 23.2. The van der Waals surface area contributed by atoms with Gasteiger partial charge in [-0.1, -0.05) is 87.4 Å². The van der Waals surface area contributed by atoms with Crippen LogP contribution >= 0.6 is 0 Å². The maximum absolute atomic E-state index is 12.6. The Kier molecular flexibility index (Phi) is 23.2. The fourth-order valence-electron chi connectivity index (χ4n) is 7.75.